The first kappa shape index (κ1) is 20.6. The van der Waals surface area contributed by atoms with E-state index >= 15 is 0 Å². The Bertz CT molecular complexity index is 928. The Morgan fingerprint density at radius 3 is 2.44 bits per heavy atom. The molecule has 0 unspecified atom stereocenters. The molecule has 0 radical (unpaired) electrons. The van der Waals surface area contributed by atoms with Crippen LogP contribution in [0.2, 0.25) is 0 Å². The van der Waals surface area contributed by atoms with E-state index in [1.165, 1.54) is 6.92 Å². The second-order valence-electron chi connectivity index (χ2n) is 8.22. The van der Waals surface area contributed by atoms with Crippen LogP contribution in [0.25, 0.3) is 6.08 Å². The van der Waals surface area contributed by atoms with Crippen LogP contribution in [-0.4, -0.2) is 11.6 Å². The Labute approximate surface area is 162 Å². The molecule has 1 aliphatic carbocycles. The topological polar surface area (TPSA) is 57.9 Å². The van der Waals surface area contributed by atoms with E-state index in [0.717, 1.165) is 27.8 Å². The standard InChI is InChI=1S/C24H27NO2/c1-15-8-7-9-18(16(15)2)10-20(14-25)23(27)12-19-11-21(24(4,5)6)13-22(19)17(3)26/h7-11H,12-13H2,1-6H3. The molecule has 0 aromatic heterocycles. The highest BCUT2D eigenvalue weighted by Crippen LogP contribution is 2.38. The molecule has 0 aliphatic heterocycles. The predicted octanol–water partition coefficient (Wildman–Crippen LogP) is 5.43. The summed E-state index contributed by atoms with van der Waals surface area (Å²) in [5.41, 5.74) is 5.69. The zero-order chi connectivity index (χ0) is 20.4. The molecule has 2 rings (SSSR count). The third-order valence-electron chi connectivity index (χ3n) is 5.21. The van der Waals surface area contributed by atoms with Crippen LogP contribution < -0.4 is 0 Å². The van der Waals surface area contributed by atoms with Gasteiger partial charge in [0, 0.05) is 12.0 Å². The number of allylic oxidation sites excluding steroid dienone is 5. The smallest absolute Gasteiger partial charge is 0.177 e. The number of carbonyl (C=O) groups excluding carboxylic acids is 2. The van der Waals surface area contributed by atoms with Crippen LogP contribution in [0.4, 0.5) is 0 Å². The third-order valence-corrected chi connectivity index (χ3v) is 5.21. The van der Waals surface area contributed by atoms with Crippen LogP contribution >= 0.6 is 0 Å². The number of rotatable bonds is 5. The van der Waals surface area contributed by atoms with Crippen LogP contribution in [-0.2, 0) is 9.59 Å². The summed E-state index contributed by atoms with van der Waals surface area (Å²) in [5.74, 6) is -0.260. The van der Waals surface area contributed by atoms with Gasteiger partial charge in [-0.2, -0.15) is 5.26 Å². The molecule has 0 saturated carbocycles. The van der Waals surface area contributed by atoms with Gasteiger partial charge in [0.1, 0.15) is 6.07 Å². The highest BCUT2D eigenvalue weighted by atomic mass is 16.1. The van der Waals surface area contributed by atoms with Crippen LogP contribution in [0.3, 0.4) is 0 Å². The molecule has 0 amide bonds. The van der Waals surface area contributed by atoms with Gasteiger partial charge in [-0.1, -0.05) is 50.6 Å². The Kier molecular flexibility index (Phi) is 6.01. The normalized spacial score (nSPS) is 14.9. The summed E-state index contributed by atoms with van der Waals surface area (Å²) in [6, 6.07) is 7.86. The van der Waals surface area contributed by atoms with Gasteiger partial charge in [-0.05, 0) is 60.9 Å². The number of hydrogen-bond donors (Lipinski definition) is 0. The molecule has 1 aromatic carbocycles. The van der Waals surface area contributed by atoms with E-state index in [1.807, 2.05) is 44.2 Å². The SMILES string of the molecule is CC(=O)C1=C(CC(=O)C(C#N)=Cc2cccc(C)c2C)C=C(C(C)(C)C)C1. The van der Waals surface area contributed by atoms with E-state index in [2.05, 4.69) is 20.8 Å². The van der Waals surface area contributed by atoms with Gasteiger partial charge >= 0.3 is 0 Å². The molecule has 3 heteroatoms. The fourth-order valence-corrected chi connectivity index (χ4v) is 3.17. The van der Waals surface area contributed by atoms with Crippen LogP contribution in [0.15, 0.2) is 46.6 Å². The molecular weight excluding hydrogens is 334 g/mol. The summed E-state index contributed by atoms with van der Waals surface area (Å²) in [5, 5.41) is 9.51. The largest absolute Gasteiger partial charge is 0.295 e. The van der Waals surface area contributed by atoms with Crippen molar-refractivity contribution in [2.75, 3.05) is 0 Å². The maximum absolute atomic E-state index is 12.8. The number of hydrogen-bond acceptors (Lipinski definition) is 3. The quantitative estimate of drug-likeness (QED) is 0.519. The molecule has 3 nitrogen and oxygen atoms in total. The summed E-state index contributed by atoms with van der Waals surface area (Å²) < 4.78 is 0. The maximum atomic E-state index is 12.8. The number of nitrogens with zero attached hydrogens (tertiary/aromatic N) is 1. The van der Waals surface area contributed by atoms with Gasteiger partial charge < -0.3 is 0 Å². The minimum Gasteiger partial charge on any atom is -0.295 e. The third kappa shape index (κ3) is 4.71. The molecular formula is C24H27NO2. The number of nitriles is 1. The monoisotopic (exact) mass is 361 g/mol. The van der Waals surface area contributed by atoms with Crippen molar-refractivity contribution in [3.8, 4) is 6.07 Å². The zero-order valence-electron chi connectivity index (χ0n) is 17.1. The van der Waals surface area contributed by atoms with Crippen molar-refractivity contribution < 1.29 is 9.59 Å². The maximum Gasteiger partial charge on any atom is 0.177 e. The van der Waals surface area contributed by atoms with Crippen LogP contribution in [0.5, 0.6) is 0 Å². The highest BCUT2D eigenvalue weighted by molar-refractivity contribution is 6.06. The molecule has 0 spiro atoms. The minimum absolute atomic E-state index is 0.00897. The van der Waals surface area contributed by atoms with E-state index in [1.54, 1.807) is 6.08 Å². The molecule has 0 saturated heterocycles. The van der Waals surface area contributed by atoms with Gasteiger partial charge in [-0.3, -0.25) is 9.59 Å². The first-order chi connectivity index (χ1) is 12.5. The van der Waals surface area contributed by atoms with Gasteiger partial charge in [-0.25, -0.2) is 0 Å². The lowest BCUT2D eigenvalue weighted by Crippen LogP contribution is -2.09. The van der Waals surface area contributed by atoms with Gasteiger partial charge in [0.2, 0.25) is 0 Å². The summed E-state index contributed by atoms with van der Waals surface area (Å²) >= 11 is 0. The molecule has 1 aromatic rings. The van der Waals surface area contributed by atoms with Crippen LogP contribution in [0, 0.1) is 30.6 Å². The van der Waals surface area contributed by atoms with Gasteiger partial charge in [0.05, 0.1) is 5.57 Å². The first-order valence-electron chi connectivity index (χ1n) is 9.19. The Balaban J connectivity index is 2.35. The molecule has 140 valence electrons. The second kappa shape index (κ2) is 7.88. The molecule has 0 heterocycles. The predicted molar refractivity (Wildman–Crippen MR) is 109 cm³/mol. The van der Waals surface area contributed by atoms with Crippen molar-refractivity contribution in [2.45, 2.75) is 54.4 Å². The van der Waals surface area contributed by atoms with Crippen molar-refractivity contribution >= 4 is 17.6 Å². The molecule has 27 heavy (non-hydrogen) atoms. The fourth-order valence-electron chi connectivity index (χ4n) is 3.17. The van der Waals surface area contributed by atoms with Crippen LogP contribution in [0.1, 0.15) is 57.2 Å². The lowest BCUT2D eigenvalue weighted by atomic mass is 9.85. The van der Waals surface area contributed by atoms with Gasteiger partial charge in [0.25, 0.3) is 0 Å². The van der Waals surface area contributed by atoms with Crippen molar-refractivity contribution in [3.63, 3.8) is 0 Å². The fraction of sp³-hybridized carbons (Fsp3) is 0.375. The number of ketones is 2. The Morgan fingerprint density at radius 1 is 1.22 bits per heavy atom. The summed E-state index contributed by atoms with van der Waals surface area (Å²) in [6.07, 6.45) is 4.30. The average Bonchev–Trinajstić information content (AvgIpc) is 3.00. The van der Waals surface area contributed by atoms with E-state index in [-0.39, 0.29) is 29.0 Å². The van der Waals surface area contributed by atoms with E-state index < -0.39 is 0 Å². The van der Waals surface area contributed by atoms with Crippen molar-refractivity contribution in [2.24, 2.45) is 5.41 Å². The lowest BCUT2D eigenvalue weighted by Gasteiger charge is -2.20. The van der Waals surface area contributed by atoms with Crippen molar-refractivity contribution in [3.05, 3.63) is 63.3 Å². The summed E-state index contributed by atoms with van der Waals surface area (Å²) in [6.45, 7) is 11.8. The first-order valence-corrected chi connectivity index (χ1v) is 9.19. The molecule has 0 N–H and O–H groups in total. The number of carbonyl (C=O) groups is 2. The van der Waals surface area contributed by atoms with Gasteiger partial charge in [-0.15, -0.1) is 0 Å². The molecule has 0 bridgehead atoms. The average molecular weight is 361 g/mol. The Hall–Kier alpha value is -2.73. The van der Waals surface area contributed by atoms with Gasteiger partial charge in [0.15, 0.2) is 11.6 Å². The number of Topliss-reactive ketones (excluding diaryl/α,β-unsaturated/α-hetero) is 2. The minimum atomic E-state index is -0.251. The number of aryl methyl sites for hydroxylation is 1. The zero-order valence-corrected chi connectivity index (χ0v) is 17.1. The molecule has 1 aliphatic rings. The molecule has 0 atom stereocenters. The van der Waals surface area contributed by atoms with E-state index in [9.17, 15) is 14.9 Å². The van der Waals surface area contributed by atoms with E-state index in [4.69, 9.17) is 0 Å². The van der Waals surface area contributed by atoms with Crippen molar-refractivity contribution in [1.82, 2.24) is 0 Å². The highest BCUT2D eigenvalue weighted by Gasteiger charge is 2.28. The van der Waals surface area contributed by atoms with E-state index in [0.29, 0.717) is 12.0 Å². The Morgan fingerprint density at radius 2 is 1.89 bits per heavy atom. The number of benzene rings is 1. The summed E-state index contributed by atoms with van der Waals surface area (Å²) in [4.78, 5) is 24.8. The lowest BCUT2D eigenvalue weighted by molar-refractivity contribution is -0.114. The second-order valence-corrected chi connectivity index (χ2v) is 8.22. The summed E-state index contributed by atoms with van der Waals surface area (Å²) in [7, 11) is 0. The van der Waals surface area contributed by atoms with Crippen molar-refractivity contribution in [1.29, 1.82) is 5.26 Å². The molecule has 0 fully saturated rings.